The highest BCUT2D eigenvalue weighted by Gasteiger charge is 2.42. The second-order valence-electron chi connectivity index (χ2n) is 7.65. The van der Waals surface area contributed by atoms with Gasteiger partial charge in [-0.25, -0.2) is 0 Å². The third-order valence-corrected chi connectivity index (χ3v) is 6.09. The number of unbranched alkanes of at least 4 members (excludes halogenated alkanes) is 2. The zero-order chi connectivity index (χ0) is 21.4. The lowest BCUT2D eigenvalue weighted by atomic mass is 9.98. The molecule has 1 aromatic heterocycles. The van der Waals surface area contributed by atoms with Crippen molar-refractivity contribution in [3.63, 3.8) is 0 Å². The summed E-state index contributed by atoms with van der Waals surface area (Å²) < 4.78 is 11.3. The minimum atomic E-state index is -0.490. The Labute approximate surface area is 180 Å². The van der Waals surface area contributed by atoms with Crippen LogP contribution < -0.4 is 10.2 Å². The zero-order valence-corrected chi connectivity index (χ0v) is 18.1. The van der Waals surface area contributed by atoms with Crippen LogP contribution in [0.5, 0.6) is 5.75 Å². The van der Waals surface area contributed by atoms with Crippen molar-refractivity contribution in [1.29, 1.82) is 0 Å². The lowest BCUT2D eigenvalue weighted by Gasteiger charge is -2.25. The van der Waals surface area contributed by atoms with E-state index in [9.17, 15) is 9.59 Å². The number of hydrogen-bond acceptors (Lipinski definition) is 4. The summed E-state index contributed by atoms with van der Waals surface area (Å²) in [5.74, 6) is 0.605. The van der Waals surface area contributed by atoms with Crippen LogP contribution in [0.1, 0.15) is 59.5 Å². The highest BCUT2D eigenvalue weighted by atomic mass is 35.5. The highest BCUT2D eigenvalue weighted by molar-refractivity contribution is 6.32. The van der Waals surface area contributed by atoms with Gasteiger partial charge in [0.1, 0.15) is 11.3 Å². The van der Waals surface area contributed by atoms with Crippen LogP contribution in [0, 0.1) is 6.92 Å². The zero-order valence-electron chi connectivity index (χ0n) is 17.3. The number of nitrogens with zero attached hydrogens (tertiary/aromatic N) is 1. The summed E-state index contributed by atoms with van der Waals surface area (Å²) in [4.78, 5) is 28.5. The number of carbonyl (C=O) groups is 1. The molecule has 0 N–H and O–H groups in total. The lowest BCUT2D eigenvalue weighted by molar-refractivity contribution is 0.0724. The molecule has 2 heterocycles. The van der Waals surface area contributed by atoms with Gasteiger partial charge in [-0.2, -0.15) is 0 Å². The van der Waals surface area contributed by atoms with E-state index in [4.69, 9.17) is 20.8 Å². The van der Waals surface area contributed by atoms with Crippen LogP contribution in [0.2, 0.25) is 5.02 Å². The summed E-state index contributed by atoms with van der Waals surface area (Å²) in [6.45, 7) is 4.52. The Hall–Kier alpha value is -2.79. The SMILES string of the molecule is CCCCCN1C(=O)c2oc3cc(C)c(Cl)cc3c(=O)c2C1c1ccc(OC)cc1. The normalized spacial score (nSPS) is 15.7. The van der Waals surface area contributed by atoms with Gasteiger partial charge < -0.3 is 14.1 Å². The molecule has 0 radical (unpaired) electrons. The maximum Gasteiger partial charge on any atom is 0.290 e. The fourth-order valence-electron chi connectivity index (χ4n) is 4.04. The summed E-state index contributed by atoms with van der Waals surface area (Å²) in [6.07, 6.45) is 2.91. The fourth-order valence-corrected chi connectivity index (χ4v) is 4.20. The molecule has 156 valence electrons. The smallest absolute Gasteiger partial charge is 0.290 e. The first kappa shape index (κ1) is 20.5. The van der Waals surface area contributed by atoms with Gasteiger partial charge in [0.2, 0.25) is 5.76 Å². The lowest BCUT2D eigenvalue weighted by Crippen LogP contribution is -2.30. The molecule has 1 aliphatic rings. The predicted octanol–water partition coefficient (Wildman–Crippen LogP) is 5.50. The Morgan fingerprint density at radius 3 is 2.53 bits per heavy atom. The van der Waals surface area contributed by atoms with Crippen molar-refractivity contribution in [2.45, 2.75) is 39.2 Å². The molecule has 4 rings (SSSR count). The largest absolute Gasteiger partial charge is 0.497 e. The standard InChI is InChI=1S/C24H24ClNO4/c1-4-5-6-11-26-21(15-7-9-16(29-3)10-8-15)20-22(27)17-13-18(25)14(2)12-19(17)30-23(20)24(26)28/h7-10,12-13,21H,4-6,11H2,1-3H3. The van der Waals surface area contributed by atoms with E-state index in [0.29, 0.717) is 33.8 Å². The van der Waals surface area contributed by atoms with Gasteiger partial charge in [-0.1, -0.05) is 43.5 Å². The monoisotopic (exact) mass is 425 g/mol. The first-order valence-electron chi connectivity index (χ1n) is 10.2. The predicted molar refractivity (Wildman–Crippen MR) is 118 cm³/mol. The molecule has 6 heteroatoms. The van der Waals surface area contributed by atoms with E-state index in [2.05, 4.69) is 6.92 Å². The average molecular weight is 426 g/mol. The van der Waals surface area contributed by atoms with Gasteiger partial charge in [-0.05, 0) is 48.7 Å². The Morgan fingerprint density at radius 1 is 1.13 bits per heavy atom. The number of aryl methyl sites for hydroxylation is 1. The van der Waals surface area contributed by atoms with Crippen LogP contribution in [0.25, 0.3) is 11.0 Å². The number of ether oxygens (including phenoxy) is 1. The van der Waals surface area contributed by atoms with Crippen LogP contribution in [-0.2, 0) is 0 Å². The number of amides is 1. The number of rotatable bonds is 6. The maximum atomic E-state index is 13.5. The Kier molecular flexibility index (Phi) is 5.56. The molecule has 1 amide bonds. The van der Waals surface area contributed by atoms with E-state index in [-0.39, 0.29) is 17.1 Å². The average Bonchev–Trinajstić information content (AvgIpc) is 3.02. The van der Waals surface area contributed by atoms with Gasteiger partial charge in [-0.15, -0.1) is 0 Å². The molecule has 3 aromatic rings. The number of methoxy groups -OCH3 is 1. The van der Waals surface area contributed by atoms with Gasteiger partial charge in [-0.3, -0.25) is 9.59 Å². The Bertz CT molecular complexity index is 1170. The Balaban J connectivity index is 1.91. The first-order chi connectivity index (χ1) is 14.5. The van der Waals surface area contributed by atoms with Crippen LogP contribution in [-0.4, -0.2) is 24.5 Å². The summed E-state index contributed by atoms with van der Waals surface area (Å²) in [6, 6.07) is 10.3. The van der Waals surface area contributed by atoms with Gasteiger partial charge in [0.15, 0.2) is 5.43 Å². The van der Waals surface area contributed by atoms with Crippen LogP contribution >= 0.6 is 11.6 Å². The fraction of sp³-hybridized carbons (Fsp3) is 0.333. The molecule has 0 aliphatic carbocycles. The van der Waals surface area contributed by atoms with Crippen LogP contribution in [0.4, 0.5) is 0 Å². The van der Waals surface area contributed by atoms with E-state index in [1.807, 2.05) is 31.2 Å². The highest BCUT2D eigenvalue weighted by Crippen LogP contribution is 2.39. The number of fused-ring (bicyclic) bond motifs is 2. The van der Waals surface area contributed by atoms with Gasteiger partial charge in [0.25, 0.3) is 5.91 Å². The summed E-state index contributed by atoms with van der Waals surface area (Å²) in [7, 11) is 1.60. The molecule has 2 aromatic carbocycles. The number of halogens is 1. The van der Waals surface area contributed by atoms with E-state index in [0.717, 1.165) is 30.4 Å². The van der Waals surface area contributed by atoms with Gasteiger partial charge in [0.05, 0.1) is 24.1 Å². The molecule has 5 nitrogen and oxygen atoms in total. The number of hydrogen-bond donors (Lipinski definition) is 0. The molecule has 0 spiro atoms. The number of carbonyl (C=O) groups excluding carboxylic acids is 1. The summed E-state index contributed by atoms with van der Waals surface area (Å²) >= 11 is 6.27. The van der Waals surface area contributed by atoms with Gasteiger partial charge in [0, 0.05) is 11.6 Å². The van der Waals surface area contributed by atoms with Crippen molar-refractivity contribution in [2.24, 2.45) is 0 Å². The minimum absolute atomic E-state index is 0.131. The third kappa shape index (κ3) is 3.37. The first-order valence-corrected chi connectivity index (χ1v) is 10.6. The van der Waals surface area contributed by atoms with Crippen LogP contribution in [0.15, 0.2) is 45.6 Å². The summed E-state index contributed by atoms with van der Waals surface area (Å²) in [5, 5.41) is 0.894. The van der Waals surface area contributed by atoms with E-state index < -0.39 is 6.04 Å². The van der Waals surface area contributed by atoms with Crippen molar-refractivity contribution >= 4 is 28.5 Å². The van der Waals surface area contributed by atoms with E-state index in [1.54, 1.807) is 24.1 Å². The molecule has 0 saturated carbocycles. The minimum Gasteiger partial charge on any atom is -0.497 e. The molecule has 1 aliphatic heterocycles. The maximum absolute atomic E-state index is 13.5. The van der Waals surface area contributed by atoms with E-state index in [1.165, 1.54) is 0 Å². The topological polar surface area (TPSA) is 59.8 Å². The molecule has 1 atom stereocenters. The van der Waals surface area contributed by atoms with Crippen molar-refractivity contribution < 1.29 is 13.9 Å². The second-order valence-corrected chi connectivity index (χ2v) is 8.06. The van der Waals surface area contributed by atoms with Crippen molar-refractivity contribution in [3.8, 4) is 5.75 Å². The molecule has 0 bridgehead atoms. The van der Waals surface area contributed by atoms with Crippen molar-refractivity contribution in [2.75, 3.05) is 13.7 Å². The van der Waals surface area contributed by atoms with Crippen molar-refractivity contribution in [3.05, 3.63) is 74.1 Å². The van der Waals surface area contributed by atoms with Crippen LogP contribution in [0.3, 0.4) is 0 Å². The molecular formula is C24H24ClNO4. The van der Waals surface area contributed by atoms with Crippen molar-refractivity contribution in [1.82, 2.24) is 4.90 Å². The third-order valence-electron chi connectivity index (χ3n) is 5.68. The Morgan fingerprint density at radius 2 is 1.87 bits per heavy atom. The van der Waals surface area contributed by atoms with E-state index >= 15 is 0 Å². The second kappa shape index (κ2) is 8.15. The molecule has 0 saturated heterocycles. The molecular weight excluding hydrogens is 402 g/mol. The summed E-state index contributed by atoms with van der Waals surface area (Å²) in [5.41, 5.74) is 2.21. The molecule has 1 unspecified atom stereocenters. The quantitative estimate of drug-likeness (QED) is 0.489. The molecule has 30 heavy (non-hydrogen) atoms. The molecule has 0 fully saturated rings. The van der Waals surface area contributed by atoms with Gasteiger partial charge >= 0.3 is 0 Å². The number of benzene rings is 2.